The van der Waals surface area contributed by atoms with E-state index in [4.69, 9.17) is 17.0 Å². The number of fused-ring (bicyclic) bond motifs is 1. The van der Waals surface area contributed by atoms with E-state index in [1.165, 1.54) is 18.4 Å². The third-order valence-corrected chi connectivity index (χ3v) is 8.05. The summed E-state index contributed by atoms with van der Waals surface area (Å²) in [6, 6.07) is 6.73. The van der Waals surface area contributed by atoms with E-state index in [-0.39, 0.29) is 5.56 Å². The summed E-state index contributed by atoms with van der Waals surface area (Å²) in [5.41, 5.74) is 3.99. The molecule has 1 unspecified atom stereocenters. The molecule has 0 radical (unpaired) electrons. The van der Waals surface area contributed by atoms with Crippen molar-refractivity contribution in [2.24, 2.45) is 0 Å². The number of morpholine rings is 1. The molecular formula is C27H41N5O2S. The van der Waals surface area contributed by atoms with Crippen LogP contribution in [-0.4, -0.2) is 89.9 Å². The fraction of sp³-hybridized carbons (Fsp3) is 0.630. The van der Waals surface area contributed by atoms with Gasteiger partial charge in [0.05, 0.1) is 25.3 Å². The minimum atomic E-state index is -0.0231. The Morgan fingerprint density at radius 3 is 2.83 bits per heavy atom. The van der Waals surface area contributed by atoms with Gasteiger partial charge < -0.3 is 19.9 Å². The van der Waals surface area contributed by atoms with Crippen LogP contribution in [0.1, 0.15) is 42.9 Å². The lowest BCUT2D eigenvalue weighted by molar-refractivity contribution is 0.0375. The molecule has 192 valence electrons. The van der Waals surface area contributed by atoms with E-state index in [0.717, 1.165) is 92.6 Å². The first-order valence-corrected chi connectivity index (χ1v) is 13.6. The van der Waals surface area contributed by atoms with Gasteiger partial charge in [-0.3, -0.25) is 14.6 Å². The van der Waals surface area contributed by atoms with Crippen molar-refractivity contribution in [3.8, 4) is 0 Å². The number of aryl methyl sites for hydroxylation is 2. The van der Waals surface area contributed by atoms with Crippen LogP contribution >= 0.6 is 12.2 Å². The van der Waals surface area contributed by atoms with Gasteiger partial charge in [0, 0.05) is 37.8 Å². The highest BCUT2D eigenvalue weighted by Gasteiger charge is 2.26. The molecule has 35 heavy (non-hydrogen) atoms. The first-order valence-electron chi connectivity index (χ1n) is 13.1. The second-order valence-electron chi connectivity index (χ2n) is 9.94. The Kier molecular flexibility index (Phi) is 9.16. The Morgan fingerprint density at radius 2 is 2.06 bits per heavy atom. The molecule has 2 fully saturated rings. The number of pyridine rings is 1. The summed E-state index contributed by atoms with van der Waals surface area (Å²) in [6.07, 6.45) is 3.44. The first-order chi connectivity index (χ1) is 17.0. The smallest absolute Gasteiger partial charge is 0.253 e. The molecule has 0 amide bonds. The molecule has 0 aliphatic carbocycles. The van der Waals surface area contributed by atoms with Gasteiger partial charge in [0.2, 0.25) is 0 Å². The van der Waals surface area contributed by atoms with Crippen molar-refractivity contribution in [3.05, 3.63) is 45.2 Å². The van der Waals surface area contributed by atoms with Crippen LogP contribution in [0.4, 0.5) is 0 Å². The fourth-order valence-corrected chi connectivity index (χ4v) is 5.56. The van der Waals surface area contributed by atoms with Crippen molar-refractivity contribution in [2.75, 3.05) is 59.0 Å². The number of aromatic amines is 1. The molecule has 8 heteroatoms. The Morgan fingerprint density at radius 1 is 1.26 bits per heavy atom. The van der Waals surface area contributed by atoms with Crippen molar-refractivity contribution in [1.82, 2.24) is 25.0 Å². The van der Waals surface area contributed by atoms with E-state index >= 15 is 0 Å². The fourth-order valence-electron chi connectivity index (χ4n) is 5.32. The van der Waals surface area contributed by atoms with Gasteiger partial charge in [-0.1, -0.05) is 19.1 Å². The highest BCUT2D eigenvalue weighted by Crippen LogP contribution is 2.21. The molecule has 1 atom stereocenters. The molecule has 0 spiro atoms. The number of aromatic nitrogens is 1. The van der Waals surface area contributed by atoms with E-state index in [2.05, 4.69) is 57.9 Å². The van der Waals surface area contributed by atoms with Gasteiger partial charge in [-0.05, 0) is 87.5 Å². The van der Waals surface area contributed by atoms with Crippen molar-refractivity contribution in [3.63, 3.8) is 0 Å². The zero-order valence-electron chi connectivity index (χ0n) is 21.6. The lowest BCUT2D eigenvalue weighted by Crippen LogP contribution is -2.47. The highest BCUT2D eigenvalue weighted by molar-refractivity contribution is 7.80. The van der Waals surface area contributed by atoms with Crippen LogP contribution in [0.2, 0.25) is 0 Å². The Hall–Kier alpha value is -2.00. The van der Waals surface area contributed by atoms with Crippen molar-refractivity contribution in [1.29, 1.82) is 0 Å². The SMILES string of the molecule is CCN1CCCC1CN(Cc1cc2ccc(C)c(C)c2[nH]c1=O)C(=S)NCCCN1CCOCC1. The maximum absolute atomic E-state index is 13.1. The van der Waals surface area contributed by atoms with Gasteiger partial charge in [0.25, 0.3) is 5.56 Å². The summed E-state index contributed by atoms with van der Waals surface area (Å²) in [4.78, 5) is 23.4. The number of nitrogens with one attached hydrogen (secondary N) is 2. The molecule has 0 saturated carbocycles. The third-order valence-electron chi connectivity index (χ3n) is 7.64. The summed E-state index contributed by atoms with van der Waals surface area (Å²) >= 11 is 5.88. The van der Waals surface area contributed by atoms with Gasteiger partial charge in [-0.15, -0.1) is 0 Å². The number of H-pyrrole nitrogens is 1. The molecule has 3 heterocycles. The molecule has 2 aliphatic rings. The molecule has 4 rings (SSSR count). The number of hydrogen-bond acceptors (Lipinski definition) is 5. The van der Waals surface area contributed by atoms with Crippen molar-refractivity contribution >= 4 is 28.2 Å². The summed E-state index contributed by atoms with van der Waals surface area (Å²) in [5.74, 6) is 0. The van der Waals surface area contributed by atoms with E-state index < -0.39 is 0 Å². The third kappa shape index (κ3) is 6.61. The van der Waals surface area contributed by atoms with E-state index in [0.29, 0.717) is 12.6 Å². The molecule has 0 bridgehead atoms. The molecule has 1 aromatic carbocycles. The van der Waals surface area contributed by atoms with Crippen molar-refractivity contribution < 1.29 is 4.74 Å². The van der Waals surface area contributed by atoms with Gasteiger partial charge in [-0.2, -0.15) is 0 Å². The maximum Gasteiger partial charge on any atom is 0.253 e. The largest absolute Gasteiger partial charge is 0.379 e. The standard InChI is InChI=1S/C27H41N5O2S/c1-4-31-12-5-7-24(31)19-32(27(35)28-10-6-11-30-13-15-34-16-14-30)18-23-17-22-9-8-20(2)21(3)25(22)29-26(23)33/h8-9,17,24H,4-7,10-16,18-19H2,1-3H3,(H,28,35)(H,29,33). The van der Waals surface area contributed by atoms with Gasteiger partial charge >= 0.3 is 0 Å². The number of nitrogens with zero attached hydrogens (tertiary/aromatic N) is 3. The normalized spacial score (nSPS) is 19.3. The van der Waals surface area contributed by atoms with Gasteiger partial charge in [0.15, 0.2) is 5.11 Å². The summed E-state index contributed by atoms with van der Waals surface area (Å²) in [7, 11) is 0. The van der Waals surface area contributed by atoms with Crippen molar-refractivity contribution in [2.45, 2.75) is 52.6 Å². The van der Waals surface area contributed by atoms with E-state index in [1.807, 2.05) is 6.07 Å². The quantitative estimate of drug-likeness (QED) is 0.406. The van der Waals surface area contributed by atoms with Crippen LogP contribution in [0, 0.1) is 13.8 Å². The number of ether oxygens (including phenoxy) is 1. The number of benzene rings is 1. The average molecular weight is 500 g/mol. The maximum atomic E-state index is 13.1. The molecular weight excluding hydrogens is 458 g/mol. The summed E-state index contributed by atoms with van der Waals surface area (Å²) < 4.78 is 5.45. The molecule has 7 nitrogen and oxygen atoms in total. The minimum Gasteiger partial charge on any atom is -0.379 e. The predicted molar refractivity (Wildman–Crippen MR) is 147 cm³/mol. The van der Waals surface area contributed by atoms with Gasteiger partial charge in [-0.25, -0.2) is 0 Å². The zero-order valence-corrected chi connectivity index (χ0v) is 22.4. The second-order valence-corrected chi connectivity index (χ2v) is 10.3. The van der Waals surface area contributed by atoms with Gasteiger partial charge in [0.1, 0.15) is 0 Å². The molecule has 2 aromatic rings. The van der Waals surface area contributed by atoms with Crippen LogP contribution in [0.25, 0.3) is 10.9 Å². The Balaban J connectivity index is 1.46. The first kappa shape index (κ1) is 26.1. The minimum absolute atomic E-state index is 0.0231. The number of thiocarbonyl (C=S) groups is 1. The lowest BCUT2D eigenvalue weighted by atomic mass is 10.0. The molecule has 1 aromatic heterocycles. The Labute approximate surface area is 214 Å². The number of hydrogen-bond donors (Lipinski definition) is 2. The lowest BCUT2D eigenvalue weighted by Gasteiger charge is -2.32. The highest BCUT2D eigenvalue weighted by atomic mass is 32.1. The number of likely N-dealkylation sites (tertiary alicyclic amines) is 1. The zero-order chi connectivity index (χ0) is 24.8. The number of likely N-dealkylation sites (N-methyl/N-ethyl adjacent to an activating group) is 1. The summed E-state index contributed by atoms with van der Waals surface area (Å²) in [6.45, 7) is 15.5. The summed E-state index contributed by atoms with van der Waals surface area (Å²) in [5, 5.41) is 5.31. The van der Waals surface area contributed by atoms with Crippen LogP contribution in [0.15, 0.2) is 23.0 Å². The average Bonchev–Trinajstić information content (AvgIpc) is 3.32. The molecule has 2 aliphatic heterocycles. The van der Waals surface area contributed by atoms with Crippen LogP contribution < -0.4 is 10.9 Å². The molecule has 2 N–H and O–H groups in total. The predicted octanol–water partition coefficient (Wildman–Crippen LogP) is 3.03. The van der Waals surface area contributed by atoms with E-state index in [1.54, 1.807) is 0 Å². The Bertz CT molecular complexity index is 1070. The second kappa shape index (κ2) is 12.3. The van der Waals surface area contributed by atoms with Crippen LogP contribution in [0.3, 0.4) is 0 Å². The van der Waals surface area contributed by atoms with Crippen LogP contribution in [-0.2, 0) is 11.3 Å². The molecule has 2 saturated heterocycles. The monoisotopic (exact) mass is 499 g/mol. The number of rotatable bonds is 9. The topological polar surface area (TPSA) is 63.8 Å². The van der Waals surface area contributed by atoms with Crippen LogP contribution in [0.5, 0.6) is 0 Å². The van der Waals surface area contributed by atoms with E-state index in [9.17, 15) is 4.79 Å².